The number of benzene rings is 2. The highest BCUT2D eigenvalue weighted by atomic mass is 31.1. The number of hydrogen-bond acceptors (Lipinski definition) is 0. The van der Waals surface area contributed by atoms with Crippen LogP contribution in [0.4, 0.5) is 0 Å². The van der Waals surface area contributed by atoms with Crippen LogP contribution >= 0.6 is 7.92 Å². The fourth-order valence-corrected chi connectivity index (χ4v) is 6.05. The Labute approximate surface area is 148 Å². The molecule has 0 fully saturated rings. The zero-order valence-electron chi connectivity index (χ0n) is 14.7. The smallest absolute Gasteiger partial charge is 0.00540 e. The largest absolute Gasteiger partial charge is 0.0837 e. The summed E-state index contributed by atoms with van der Waals surface area (Å²) in [6.07, 6.45) is 12.9. The van der Waals surface area contributed by atoms with E-state index in [1.165, 1.54) is 29.6 Å². The van der Waals surface area contributed by atoms with Gasteiger partial charge in [0.2, 0.25) is 0 Å². The Hall–Kier alpha value is -1.65. The molecule has 0 amide bonds. The lowest BCUT2D eigenvalue weighted by atomic mass is 9.71. The lowest BCUT2D eigenvalue weighted by molar-refractivity contribution is 0.257. The van der Waals surface area contributed by atoms with E-state index in [1.807, 2.05) is 0 Å². The van der Waals surface area contributed by atoms with E-state index in [0.29, 0.717) is 11.3 Å². The summed E-state index contributed by atoms with van der Waals surface area (Å²) >= 11 is 0. The first-order chi connectivity index (χ1) is 11.7. The van der Waals surface area contributed by atoms with Gasteiger partial charge >= 0.3 is 0 Å². The highest BCUT2D eigenvalue weighted by Gasteiger charge is 2.31. The summed E-state index contributed by atoms with van der Waals surface area (Å²) in [6, 6.07) is 22.1. The summed E-state index contributed by atoms with van der Waals surface area (Å²) in [5.41, 5.74) is 0.318. The fraction of sp³-hybridized carbons (Fsp3) is 0.304. The Morgan fingerprint density at radius 3 is 1.92 bits per heavy atom. The van der Waals surface area contributed by atoms with Crippen LogP contribution in [0.2, 0.25) is 0 Å². The Kier molecular flexibility index (Phi) is 5.69. The van der Waals surface area contributed by atoms with Gasteiger partial charge in [0.25, 0.3) is 0 Å². The van der Waals surface area contributed by atoms with Gasteiger partial charge in [-0.3, -0.25) is 0 Å². The first kappa shape index (κ1) is 17.2. The van der Waals surface area contributed by atoms with Gasteiger partial charge in [-0.1, -0.05) is 98.8 Å². The van der Waals surface area contributed by atoms with Gasteiger partial charge < -0.3 is 0 Å². The van der Waals surface area contributed by atoms with Crippen molar-refractivity contribution in [3.05, 3.63) is 85.0 Å². The summed E-state index contributed by atoms with van der Waals surface area (Å²) in [5.74, 6) is 0.669. The Morgan fingerprint density at radius 2 is 1.46 bits per heavy atom. The molecule has 1 aliphatic rings. The van der Waals surface area contributed by atoms with Crippen molar-refractivity contribution in [3.8, 4) is 0 Å². The first-order valence-corrected chi connectivity index (χ1v) is 10.5. The number of hydrogen-bond donors (Lipinski definition) is 0. The van der Waals surface area contributed by atoms with Gasteiger partial charge in [0.05, 0.1) is 0 Å². The van der Waals surface area contributed by atoms with Crippen LogP contribution in [-0.2, 0) is 0 Å². The maximum Gasteiger partial charge on any atom is -0.00540 e. The van der Waals surface area contributed by atoms with Crippen molar-refractivity contribution in [1.29, 1.82) is 0 Å². The molecular weight excluding hydrogens is 307 g/mol. The summed E-state index contributed by atoms with van der Waals surface area (Å²) < 4.78 is 0. The van der Waals surface area contributed by atoms with E-state index in [2.05, 4.69) is 98.8 Å². The van der Waals surface area contributed by atoms with E-state index in [4.69, 9.17) is 0 Å². The van der Waals surface area contributed by atoms with Gasteiger partial charge in [-0.05, 0) is 48.9 Å². The normalized spacial score (nSPS) is 20.0. The molecule has 1 atom stereocenters. The lowest BCUT2D eigenvalue weighted by Gasteiger charge is -2.37. The Balaban J connectivity index is 1.85. The highest BCUT2D eigenvalue weighted by molar-refractivity contribution is 7.73. The third-order valence-corrected chi connectivity index (χ3v) is 7.77. The van der Waals surface area contributed by atoms with Gasteiger partial charge in [0, 0.05) is 0 Å². The van der Waals surface area contributed by atoms with E-state index in [9.17, 15) is 0 Å². The molecule has 124 valence electrons. The molecule has 0 N–H and O–H groups in total. The number of allylic oxidation sites excluding steroid dienone is 4. The summed E-state index contributed by atoms with van der Waals surface area (Å²) in [5, 5.41) is 2.99. The molecule has 0 heterocycles. The predicted molar refractivity (Wildman–Crippen MR) is 109 cm³/mol. The number of rotatable bonds is 6. The van der Waals surface area contributed by atoms with Gasteiger partial charge in [-0.2, -0.15) is 0 Å². The van der Waals surface area contributed by atoms with Crippen LogP contribution in [0.5, 0.6) is 0 Å². The topological polar surface area (TPSA) is 0 Å². The SMILES string of the molecule is CC(C)C1(CCP(c2ccccc2)c2ccccc2)C=CC=CC1. The zero-order chi connectivity index (χ0) is 16.8. The maximum absolute atomic E-state index is 2.46. The molecule has 0 saturated heterocycles. The fourth-order valence-electron chi connectivity index (χ4n) is 3.53. The molecule has 0 spiro atoms. The molecule has 1 unspecified atom stereocenters. The molecule has 2 aromatic rings. The van der Waals surface area contributed by atoms with Crippen molar-refractivity contribution in [2.24, 2.45) is 11.3 Å². The average molecular weight is 334 g/mol. The first-order valence-electron chi connectivity index (χ1n) is 8.93. The van der Waals surface area contributed by atoms with Crippen molar-refractivity contribution in [2.45, 2.75) is 26.7 Å². The molecule has 24 heavy (non-hydrogen) atoms. The molecule has 0 radical (unpaired) electrons. The van der Waals surface area contributed by atoms with E-state index in [0.717, 1.165) is 0 Å². The predicted octanol–water partition coefficient (Wildman–Crippen LogP) is 5.67. The molecule has 3 rings (SSSR count). The van der Waals surface area contributed by atoms with Gasteiger partial charge in [0.1, 0.15) is 0 Å². The van der Waals surface area contributed by atoms with Crippen molar-refractivity contribution in [1.82, 2.24) is 0 Å². The monoisotopic (exact) mass is 334 g/mol. The quantitative estimate of drug-likeness (QED) is 0.597. The van der Waals surface area contributed by atoms with Crippen LogP contribution in [0.15, 0.2) is 85.0 Å². The summed E-state index contributed by atoms with van der Waals surface area (Å²) in [7, 11) is -0.290. The van der Waals surface area contributed by atoms with Gasteiger partial charge in [-0.25, -0.2) is 0 Å². The Bertz CT molecular complexity index is 645. The van der Waals surface area contributed by atoms with Crippen molar-refractivity contribution in [3.63, 3.8) is 0 Å². The van der Waals surface area contributed by atoms with Crippen LogP contribution in [0.25, 0.3) is 0 Å². The molecule has 1 heteroatoms. The maximum atomic E-state index is 2.46. The van der Waals surface area contributed by atoms with Gasteiger partial charge in [0.15, 0.2) is 0 Å². The second-order valence-electron chi connectivity index (χ2n) is 6.95. The summed E-state index contributed by atoms with van der Waals surface area (Å²) in [6.45, 7) is 4.74. The second-order valence-corrected chi connectivity index (χ2v) is 9.29. The van der Waals surface area contributed by atoms with Crippen molar-refractivity contribution < 1.29 is 0 Å². The third kappa shape index (κ3) is 3.87. The van der Waals surface area contributed by atoms with Gasteiger partial charge in [-0.15, -0.1) is 0 Å². The minimum absolute atomic E-state index is 0.290. The van der Waals surface area contributed by atoms with E-state index < -0.39 is 0 Å². The molecule has 1 aliphatic carbocycles. The molecular formula is C23H27P. The van der Waals surface area contributed by atoms with Crippen molar-refractivity contribution in [2.75, 3.05) is 6.16 Å². The standard InChI is InChI=1S/C23H27P/c1-20(2)23(16-10-5-11-17-23)18-19-24(21-12-6-3-7-13-21)22-14-8-4-9-15-22/h3-16,20H,17-19H2,1-2H3. The minimum atomic E-state index is -0.290. The van der Waals surface area contributed by atoms with E-state index >= 15 is 0 Å². The van der Waals surface area contributed by atoms with Crippen LogP contribution in [0, 0.1) is 11.3 Å². The molecule has 0 bridgehead atoms. The lowest BCUT2D eigenvalue weighted by Crippen LogP contribution is -2.28. The van der Waals surface area contributed by atoms with Crippen LogP contribution in [0.3, 0.4) is 0 Å². The van der Waals surface area contributed by atoms with Crippen LogP contribution in [-0.4, -0.2) is 6.16 Å². The molecule has 0 aliphatic heterocycles. The summed E-state index contributed by atoms with van der Waals surface area (Å²) in [4.78, 5) is 0. The second kappa shape index (κ2) is 7.95. The highest BCUT2D eigenvalue weighted by Crippen LogP contribution is 2.44. The Morgan fingerprint density at radius 1 is 0.875 bits per heavy atom. The zero-order valence-corrected chi connectivity index (χ0v) is 15.6. The third-order valence-electron chi connectivity index (χ3n) is 5.26. The van der Waals surface area contributed by atoms with Crippen LogP contribution in [0.1, 0.15) is 26.7 Å². The van der Waals surface area contributed by atoms with E-state index in [-0.39, 0.29) is 7.92 Å². The molecule has 0 aromatic heterocycles. The molecule has 0 saturated carbocycles. The van der Waals surface area contributed by atoms with Crippen molar-refractivity contribution >= 4 is 18.5 Å². The minimum Gasteiger partial charge on any atom is -0.0837 e. The molecule has 0 nitrogen and oxygen atoms in total. The average Bonchev–Trinajstić information content (AvgIpc) is 2.64. The van der Waals surface area contributed by atoms with Crippen LogP contribution < -0.4 is 10.6 Å². The molecule has 2 aromatic carbocycles. The van der Waals surface area contributed by atoms with E-state index in [1.54, 1.807) is 0 Å².